The molecule has 0 saturated carbocycles. The second kappa shape index (κ2) is 5.50. The second-order valence-electron chi connectivity index (χ2n) is 4.37. The second-order valence-corrected chi connectivity index (χ2v) is 4.37. The summed E-state index contributed by atoms with van der Waals surface area (Å²) in [6, 6.07) is 4.11. The van der Waals surface area contributed by atoms with Gasteiger partial charge >= 0.3 is 6.36 Å². The average Bonchev–Trinajstić information content (AvgIpc) is 2.69. The first kappa shape index (κ1) is 13.7. The van der Waals surface area contributed by atoms with Crippen molar-refractivity contribution in [1.29, 1.82) is 0 Å². The van der Waals surface area contributed by atoms with E-state index in [0.29, 0.717) is 11.0 Å². The summed E-state index contributed by atoms with van der Waals surface area (Å²) >= 11 is 0. The van der Waals surface area contributed by atoms with Gasteiger partial charge in [0, 0.05) is 12.5 Å². The summed E-state index contributed by atoms with van der Waals surface area (Å²) in [4.78, 5) is 7.35. The van der Waals surface area contributed by atoms with Crippen molar-refractivity contribution in [2.24, 2.45) is 0 Å². The summed E-state index contributed by atoms with van der Waals surface area (Å²) in [6.07, 6.45) is -0.624. The molecule has 0 aliphatic heterocycles. The smallest absolute Gasteiger partial charge is 0.406 e. The zero-order valence-electron chi connectivity index (χ0n) is 10.5. The fourth-order valence-electron chi connectivity index (χ4n) is 1.90. The Morgan fingerprint density at radius 1 is 1.26 bits per heavy atom. The number of hydrogen-bond acceptors (Lipinski definition) is 2. The molecule has 0 saturated heterocycles. The van der Waals surface area contributed by atoms with Crippen molar-refractivity contribution < 1.29 is 17.9 Å². The Morgan fingerprint density at radius 3 is 2.74 bits per heavy atom. The van der Waals surface area contributed by atoms with Crippen molar-refractivity contribution in [3.8, 4) is 5.75 Å². The van der Waals surface area contributed by atoms with E-state index in [1.54, 1.807) is 0 Å². The number of imidazole rings is 1. The maximum absolute atomic E-state index is 12.1. The van der Waals surface area contributed by atoms with Gasteiger partial charge in [0.2, 0.25) is 0 Å². The van der Waals surface area contributed by atoms with Crippen LogP contribution in [-0.4, -0.2) is 16.3 Å². The van der Waals surface area contributed by atoms with Gasteiger partial charge in [0.05, 0.1) is 11.0 Å². The van der Waals surface area contributed by atoms with Gasteiger partial charge in [0.25, 0.3) is 0 Å². The van der Waals surface area contributed by atoms with Crippen molar-refractivity contribution in [2.75, 3.05) is 0 Å². The Bertz CT molecular complexity index is 548. The third-order valence-corrected chi connectivity index (χ3v) is 2.75. The molecule has 0 fully saturated rings. The molecule has 2 rings (SSSR count). The molecule has 0 unspecified atom stereocenters. The van der Waals surface area contributed by atoms with Crippen LogP contribution in [0, 0.1) is 0 Å². The number of halogens is 3. The molecular weight excluding hydrogens is 257 g/mol. The predicted octanol–water partition coefficient (Wildman–Crippen LogP) is 4.19. The largest absolute Gasteiger partial charge is 0.573 e. The number of H-pyrrole nitrogens is 1. The van der Waals surface area contributed by atoms with Crippen molar-refractivity contribution in [2.45, 2.75) is 39.0 Å². The Morgan fingerprint density at radius 2 is 2.05 bits per heavy atom. The fraction of sp³-hybridized carbons (Fsp3) is 0.462. The van der Waals surface area contributed by atoms with Crippen LogP contribution in [0.4, 0.5) is 13.2 Å². The van der Waals surface area contributed by atoms with Gasteiger partial charge in [0.1, 0.15) is 11.6 Å². The van der Waals surface area contributed by atoms with Crippen molar-refractivity contribution >= 4 is 11.0 Å². The lowest BCUT2D eigenvalue weighted by Crippen LogP contribution is -2.16. The van der Waals surface area contributed by atoms with Gasteiger partial charge in [-0.2, -0.15) is 0 Å². The van der Waals surface area contributed by atoms with E-state index in [9.17, 15) is 13.2 Å². The first-order valence-electron chi connectivity index (χ1n) is 6.22. The number of benzene rings is 1. The number of ether oxygens (including phenoxy) is 1. The standard InChI is InChI=1S/C13H15F3N2O/c1-2-3-4-5-12-17-10-7-6-9(8-11(10)18-12)19-13(14,15)16/h6-8H,2-5H2,1H3,(H,17,18). The molecule has 0 amide bonds. The Kier molecular flexibility index (Phi) is 3.97. The highest BCUT2D eigenvalue weighted by Gasteiger charge is 2.31. The number of aromatic amines is 1. The molecule has 104 valence electrons. The van der Waals surface area contributed by atoms with E-state index in [-0.39, 0.29) is 5.75 Å². The average molecular weight is 272 g/mol. The van der Waals surface area contributed by atoms with Gasteiger partial charge in [-0.3, -0.25) is 0 Å². The number of alkyl halides is 3. The zero-order valence-corrected chi connectivity index (χ0v) is 10.5. The SMILES string of the molecule is CCCCCc1nc2ccc(OC(F)(F)F)cc2[nH]1. The van der Waals surface area contributed by atoms with Crippen molar-refractivity contribution in [3.63, 3.8) is 0 Å². The predicted molar refractivity (Wildman–Crippen MR) is 66.0 cm³/mol. The van der Waals surface area contributed by atoms with Crippen LogP contribution < -0.4 is 4.74 Å². The molecule has 0 atom stereocenters. The number of hydrogen-bond donors (Lipinski definition) is 1. The Balaban J connectivity index is 2.14. The molecule has 0 radical (unpaired) electrons. The molecule has 1 N–H and O–H groups in total. The monoisotopic (exact) mass is 272 g/mol. The molecule has 2 aromatic rings. The first-order chi connectivity index (χ1) is 8.98. The van der Waals surface area contributed by atoms with Crippen LogP contribution >= 0.6 is 0 Å². The minimum absolute atomic E-state index is 0.233. The lowest BCUT2D eigenvalue weighted by Gasteiger charge is -2.07. The highest BCUT2D eigenvalue weighted by atomic mass is 19.4. The summed E-state index contributed by atoms with van der Waals surface area (Å²) in [5.41, 5.74) is 1.22. The fourth-order valence-corrected chi connectivity index (χ4v) is 1.90. The van der Waals surface area contributed by atoms with E-state index in [1.165, 1.54) is 18.2 Å². The number of aromatic nitrogens is 2. The molecule has 0 spiro atoms. The van der Waals surface area contributed by atoms with Crippen LogP contribution in [0.15, 0.2) is 18.2 Å². The third-order valence-electron chi connectivity index (χ3n) is 2.75. The number of nitrogens with one attached hydrogen (secondary N) is 1. The highest BCUT2D eigenvalue weighted by molar-refractivity contribution is 5.76. The number of nitrogens with zero attached hydrogens (tertiary/aromatic N) is 1. The molecule has 1 heterocycles. The Labute approximate surface area is 108 Å². The lowest BCUT2D eigenvalue weighted by molar-refractivity contribution is -0.274. The quantitative estimate of drug-likeness (QED) is 0.828. The van der Waals surface area contributed by atoms with Crippen LogP contribution in [0.25, 0.3) is 11.0 Å². The molecular formula is C13H15F3N2O. The maximum atomic E-state index is 12.1. The minimum atomic E-state index is -4.67. The van der Waals surface area contributed by atoms with Crippen molar-refractivity contribution in [3.05, 3.63) is 24.0 Å². The van der Waals surface area contributed by atoms with Crippen LogP contribution in [0.5, 0.6) is 5.75 Å². The highest BCUT2D eigenvalue weighted by Crippen LogP contribution is 2.25. The van der Waals surface area contributed by atoms with Gasteiger partial charge in [-0.1, -0.05) is 19.8 Å². The summed E-state index contributed by atoms with van der Waals surface area (Å²) in [5.74, 6) is 0.566. The van der Waals surface area contributed by atoms with E-state index in [4.69, 9.17) is 0 Å². The Hall–Kier alpha value is -1.72. The van der Waals surface area contributed by atoms with Gasteiger partial charge in [-0.05, 0) is 18.6 Å². The van der Waals surface area contributed by atoms with Gasteiger partial charge in [-0.25, -0.2) is 4.98 Å². The summed E-state index contributed by atoms with van der Waals surface area (Å²) in [5, 5.41) is 0. The molecule has 6 heteroatoms. The van der Waals surface area contributed by atoms with Crippen LogP contribution in [0.3, 0.4) is 0 Å². The number of unbranched alkanes of at least 4 members (excludes halogenated alkanes) is 2. The maximum Gasteiger partial charge on any atom is 0.573 e. The van der Waals surface area contributed by atoms with Crippen LogP contribution in [-0.2, 0) is 6.42 Å². The van der Waals surface area contributed by atoms with E-state index in [1.807, 2.05) is 0 Å². The van der Waals surface area contributed by atoms with Gasteiger partial charge < -0.3 is 9.72 Å². The zero-order chi connectivity index (χ0) is 13.9. The summed E-state index contributed by atoms with van der Waals surface area (Å²) in [7, 11) is 0. The van der Waals surface area contributed by atoms with Crippen LogP contribution in [0.1, 0.15) is 32.0 Å². The number of rotatable bonds is 5. The lowest BCUT2D eigenvalue weighted by atomic mass is 10.2. The van der Waals surface area contributed by atoms with E-state index >= 15 is 0 Å². The summed E-state index contributed by atoms with van der Waals surface area (Å²) < 4.78 is 40.2. The van der Waals surface area contributed by atoms with Gasteiger partial charge in [-0.15, -0.1) is 13.2 Å². The van der Waals surface area contributed by atoms with E-state index < -0.39 is 6.36 Å². The van der Waals surface area contributed by atoms with Crippen LogP contribution in [0.2, 0.25) is 0 Å². The molecule has 19 heavy (non-hydrogen) atoms. The first-order valence-corrected chi connectivity index (χ1v) is 6.22. The molecule has 0 bridgehead atoms. The van der Waals surface area contributed by atoms with Crippen molar-refractivity contribution in [1.82, 2.24) is 9.97 Å². The topological polar surface area (TPSA) is 37.9 Å². The minimum Gasteiger partial charge on any atom is -0.406 e. The molecule has 0 aliphatic carbocycles. The molecule has 0 aliphatic rings. The summed E-state index contributed by atoms with van der Waals surface area (Å²) in [6.45, 7) is 2.11. The molecule has 1 aromatic heterocycles. The third kappa shape index (κ3) is 3.87. The molecule has 1 aromatic carbocycles. The van der Waals surface area contributed by atoms with E-state index in [2.05, 4.69) is 21.6 Å². The normalized spacial score (nSPS) is 12.0. The number of aryl methyl sites for hydroxylation is 1. The number of fused-ring (bicyclic) bond motifs is 1. The van der Waals surface area contributed by atoms with Gasteiger partial charge in [0.15, 0.2) is 0 Å². The van der Waals surface area contributed by atoms with E-state index in [0.717, 1.165) is 31.5 Å². The molecule has 3 nitrogen and oxygen atoms in total.